The van der Waals surface area contributed by atoms with E-state index < -0.39 is 11.9 Å². The van der Waals surface area contributed by atoms with E-state index in [-0.39, 0.29) is 6.61 Å². The maximum atomic E-state index is 11.6. The fourth-order valence-corrected chi connectivity index (χ4v) is 1.63. The number of nitrogens with one attached hydrogen (secondary N) is 3. The largest absolute Gasteiger partial charge is 0.493 e. The van der Waals surface area contributed by atoms with E-state index in [4.69, 9.17) is 9.47 Å². The average molecular weight is 316 g/mol. The number of hydrazine groups is 1. The Kier molecular flexibility index (Phi) is 5.75. The molecule has 3 amide bonds. The van der Waals surface area contributed by atoms with Crippen molar-refractivity contribution in [1.29, 1.82) is 0 Å². The molecule has 2 aromatic rings. The number of amides is 3. The molecule has 3 N–H and O–H groups in total. The Morgan fingerprint density at radius 2 is 1.78 bits per heavy atom. The molecule has 0 saturated heterocycles. The molecule has 8 heteroatoms. The molecule has 0 aliphatic heterocycles. The van der Waals surface area contributed by atoms with Gasteiger partial charge in [-0.2, -0.15) is 0 Å². The van der Waals surface area contributed by atoms with Crippen LogP contribution in [0.4, 0.5) is 10.6 Å². The molecule has 1 heterocycles. The maximum Gasteiger partial charge on any atom is 0.339 e. The Morgan fingerprint density at radius 1 is 1.04 bits per heavy atom. The average Bonchev–Trinajstić information content (AvgIpc) is 2.59. The number of carbonyl (C=O) groups excluding carboxylic acids is 2. The van der Waals surface area contributed by atoms with Gasteiger partial charge in [-0.25, -0.2) is 15.2 Å². The molecule has 23 heavy (non-hydrogen) atoms. The summed E-state index contributed by atoms with van der Waals surface area (Å²) in [6.07, 6.45) is 1.54. The Bertz CT molecular complexity index is 664. The first-order valence-corrected chi connectivity index (χ1v) is 6.71. The van der Waals surface area contributed by atoms with Gasteiger partial charge in [0, 0.05) is 6.20 Å². The molecule has 0 saturated carbocycles. The van der Waals surface area contributed by atoms with Gasteiger partial charge >= 0.3 is 6.03 Å². The zero-order valence-corrected chi connectivity index (χ0v) is 12.4. The zero-order chi connectivity index (χ0) is 16.5. The van der Waals surface area contributed by atoms with Crippen LogP contribution < -0.4 is 25.6 Å². The molecule has 0 spiro atoms. The van der Waals surface area contributed by atoms with Crippen molar-refractivity contribution in [3.05, 3.63) is 48.7 Å². The van der Waals surface area contributed by atoms with E-state index in [0.29, 0.717) is 17.3 Å². The van der Waals surface area contributed by atoms with E-state index in [1.165, 1.54) is 13.3 Å². The number of methoxy groups -OCH3 is 1. The molecule has 0 aliphatic rings. The summed E-state index contributed by atoms with van der Waals surface area (Å²) in [5, 5.41) is 2.45. The molecule has 120 valence electrons. The van der Waals surface area contributed by atoms with Crippen molar-refractivity contribution >= 4 is 17.8 Å². The number of urea groups is 1. The van der Waals surface area contributed by atoms with Gasteiger partial charge in [0.15, 0.2) is 18.1 Å². The number of hydrogen-bond acceptors (Lipinski definition) is 5. The van der Waals surface area contributed by atoms with Gasteiger partial charge in [-0.05, 0) is 24.3 Å². The van der Waals surface area contributed by atoms with E-state index >= 15 is 0 Å². The Morgan fingerprint density at radius 3 is 2.48 bits per heavy atom. The third-order valence-corrected chi connectivity index (χ3v) is 2.65. The standard InChI is InChI=1S/C15H16N4O4/c1-22-11-6-2-3-7-12(11)23-10-14(20)18-19-15(21)17-13-8-4-5-9-16-13/h2-9H,10H2,1H3,(H,18,20)(H2,16,17,19,21). The van der Waals surface area contributed by atoms with Gasteiger partial charge in [0.1, 0.15) is 5.82 Å². The van der Waals surface area contributed by atoms with Crippen LogP contribution in [0.25, 0.3) is 0 Å². The number of anilines is 1. The van der Waals surface area contributed by atoms with Crippen LogP contribution in [-0.4, -0.2) is 30.6 Å². The number of rotatable bonds is 5. The van der Waals surface area contributed by atoms with Crippen molar-refractivity contribution in [2.45, 2.75) is 0 Å². The number of carbonyl (C=O) groups is 2. The monoisotopic (exact) mass is 316 g/mol. The summed E-state index contributed by atoms with van der Waals surface area (Å²) in [6, 6.07) is 11.4. The van der Waals surface area contributed by atoms with Crippen molar-refractivity contribution in [3.63, 3.8) is 0 Å². The topological polar surface area (TPSA) is 102 Å². The number of benzene rings is 1. The van der Waals surface area contributed by atoms with Gasteiger partial charge in [-0.15, -0.1) is 0 Å². The minimum Gasteiger partial charge on any atom is -0.493 e. The van der Waals surface area contributed by atoms with Gasteiger partial charge < -0.3 is 9.47 Å². The lowest BCUT2D eigenvalue weighted by atomic mass is 10.3. The van der Waals surface area contributed by atoms with Crippen molar-refractivity contribution < 1.29 is 19.1 Å². The first-order valence-electron chi connectivity index (χ1n) is 6.71. The summed E-state index contributed by atoms with van der Waals surface area (Å²) < 4.78 is 10.4. The SMILES string of the molecule is COc1ccccc1OCC(=O)NNC(=O)Nc1ccccn1. The molecule has 0 radical (unpaired) electrons. The number of pyridine rings is 1. The normalized spacial score (nSPS) is 9.61. The van der Waals surface area contributed by atoms with Crippen molar-refractivity contribution in [2.24, 2.45) is 0 Å². The third-order valence-electron chi connectivity index (χ3n) is 2.65. The van der Waals surface area contributed by atoms with Gasteiger partial charge in [-0.3, -0.25) is 15.5 Å². The first-order chi connectivity index (χ1) is 11.2. The highest BCUT2D eigenvalue weighted by Gasteiger charge is 2.08. The molecule has 0 fully saturated rings. The lowest BCUT2D eigenvalue weighted by Gasteiger charge is -2.11. The van der Waals surface area contributed by atoms with Crippen LogP contribution in [0.15, 0.2) is 48.7 Å². The number of ether oxygens (including phenoxy) is 2. The van der Waals surface area contributed by atoms with Crippen LogP contribution in [0.3, 0.4) is 0 Å². The quantitative estimate of drug-likeness (QED) is 0.722. The van der Waals surface area contributed by atoms with Crippen molar-refractivity contribution in [3.8, 4) is 11.5 Å². The van der Waals surface area contributed by atoms with Crippen LogP contribution in [0.1, 0.15) is 0 Å². The van der Waals surface area contributed by atoms with E-state index in [1.54, 1.807) is 42.5 Å². The molecule has 0 atom stereocenters. The predicted octanol–water partition coefficient (Wildman–Crippen LogP) is 1.32. The predicted molar refractivity (Wildman–Crippen MR) is 83.0 cm³/mol. The minimum atomic E-state index is -0.616. The Balaban J connectivity index is 1.74. The molecule has 8 nitrogen and oxygen atoms in total. The van der Waals surface area contributed by atoms with Gasteiger partial charge in [0.05, 0.1) is 7.11 Å². The van der Waals surface area contributed by atoms with E-state index in [1.807, 2.05) is 0 Å². The molecule has 2 rings (SSSR count). The van der Waals surface area contributed by atoms with Gasteiger partial charge in [0.2, 0.25) is 0 Å². The van der Waals surface area contributed by atoms with Gasteiger partial charge in [0.25, 0.3) is 5.91 Å². The second-order valence-corrected chi connectivity index (χ2v) is 4.28. The number of nitrogens with zero attached hydrogens (tertiary/aromatic N) is 1. The smallest absolute Gasteiger partial charge is 0.339 e. The molecule has 0 aliphatic carbocycles. The van der Waals surface area contributed by atoms with E-state index in [0.717, 1.165) is 0 Å². The second kappa shape index (κ2) is 8.23. The summed E-state index contributed by atoms with van der Waals surface area (Å²) in [5.41, 5.74) is 4.41. The lowest BCUT2D eigenvalue weighted by Crippen LogP contribution is -2.45. The number of aromatic nitrogens is 1. The van der Waals surface area contributed by atoms with Crippen LogP contribution in [0.2, 0.25) is 0 Å². The van der Waals surface area contributed by atoms with Crippen molar-refractivity contribution in [1.82, 2.24) is 15.8 Å². The maximum absolute atomic E-state index is 11.6. The fourth-order valence-electron chi connectivity index (χ4n) is 1.63. The highest BCUT2D eigenvalue weighted by atomic mass is 16.5. The molecule has 0 unspecified atom stereocenters. The Hall–Kier alpha value is -3.29. The molecule has 1 aromatic carbocycles. The van der Waals surface area contributed by atoms with E-state index in [9.17, 15) is 9.59 Å². The van der Waals surface area contributed by atoms with Crippen LogP contribution in [-0.2, 0) is 4.79 Å². The second-order valence-electron chi connectivity index (χ2n) is 4.28. The summed E-state index contributed by atoms with van der Waals surface area (Å²) in [7, 11) is 1.51. The summed E-state index contributed by atoms with van der Waals surface area (Å²) in [4.78, 5) is 27.1. The first kappa shape index (κ1) is 16.1. The fraction of sp³-hybridized carbons (Fsp3) is 0.133. The molecule has 0 bridgehead atoms. The highest BCUT2D eigenvalue weighted by molar-refractivity contribution is 5.90. The van der Waals surface area contributed by atoms with Crippen molar-refractivity contribution in [2.75, 3.05) is 19.0 Å². The lowest BCUT2D eigenvalue weighted by molar-refractivity contribution is -0.123. The third kappa shape index (κ3) is 5.20. The summed E-state index contributed by atoms with van der Waals surface area (Å²) >= 11 is 0. The highest BCUT2D eigenvalue weighted by Crippen LogP contribution is 2.25. The summed E-state index contributed by atoms with van der Waals surface area (Å²) in [5.74, 6) is 0.792. The molecule has 1 aromatic heterocycles. The Labute approximate surface area is 132 Å². The minimum absolute atomic E-state index is 0.274. The van der Waals surface area contributed by atoms with Gasteiger partial charge in [-0.1, -0.05) is 18.2 Å². The molecular formula is C15H16N4O4. The van der Waals surface area contributed by atoms with Crippen LogP contribution >= 0.6 is 0 Å². The zero-order valence-electron chi connectivity index (χ0n) is 12.4. The number of hydrogen-bond donors (Lipinski definition) is 3. The molecular weight excluding hydrogens is 300 g/mol. The summed E-state index contributed by atoms with van der Waals surface area (Å²) in [6.45, 7) is -0.274. The van der Waals surface area contributed by atoms with E-state index in [2.05, 4.69) is 21.2 Å². The number of para-hydroxylation sites is 2. The van der Waals surface area contributed by atoms with Crippen LogP contribution in [0, 0.1) is 0 Å². The van der Waals surface area contributed by atoms with Crippen LogP contribution in [0.5, 0.6) is 11.5 Å².